The summed E-state index contributed by atoms with van der Waals surface area (Å²) in [5, 5.41) is 15.1. The number of nitrogens with one attached hydrogen (secondary N) is 3. The van der Waals surface area contributed by atoms with Gasteiger partial charge in [-0.2, -0.15) is 10.1 Å². The number of H-pyrrole nitrogens is 1. The van der Waals surface area contributed by atoms with Gasteiger partial charge in [0.1, 0.15) is 10.6 Å². The van der Waals surface area contributed by atoms with E-state index in [1.165, 1.54) is 28.7 Å². The summed E-state index contributed by atoms with van der Waals surface area (Å²) >= 11 is 1.72. The molecule has 3 aromatic heterocycles. The van der Waals surface area contributed by atoms with Gasteiger partial charge in [-0.1, -0.05) is 0 Å². The molecule has 6 rings (SSSR count). The molecule has 170 valence electrons. The highest BCUT2D eigenvalue weighted by molar-refractivity contribution is 7.19. The molecule has 1 saturated heterocycles. The van der Waals surface area contributed by atoms with Crippen LogP contribution >= 0.6 is 11.3 Å². The van der Waals surface area contributed by atoms with Crippen molar-refractivity contribution in [2.24, 2.45) is 0 Å². The van der Waals surface area contributed by atoms with Crippen LogP contribution in [0.1, 0.15) is 36.1 Å². The number of aromatic nitrogens is 4. The fraction of sp³-hybridized carbons (Fsp3) is 0.591. The lowest BCUT2D eigenvalue weighted by Gasteiger charge is -2.39. The van der Waals surface area contributed by atoms with Gasteiger partial charge in [-0.05, 0) is 37.7 Å². The van der Waals surface area contributed by atoms with Gasteiger partial charge in [-0.25, -0.2) is 4.98 Å². The highest BCUT2D eigenvalue weighted by Crippen LogP contribution is 2.39. The largest absolute Gasteiger partial charge is 0.379 e. The third kappa shape index (κ3) is 4.07. The van der Waals surface area contributed by atoms with Crippen molar-refractivity contribution in [2.75, 3.05) is 43.5 Å². The Morgan fingerprint density at radius 1 is 1.06 bits per heavy atom. The first kappa shape index (κ1) is 20.3. The normalized spacial score (nSPS) is 24.4. The molecule has 0 atom stereocenters. The summed E-state index contributed by atoms with van der Waals surface area (Å²) in [6.45, 7) is 5.32. The van der Waals surface area contributed by atoms with Crippen LogP contribution in [0.5, 0.6) is 0 Å². The zero-order valence-electron chi connectivity index (χ0n) is 18.1. The number of ether oxygens (including phenoxy) is 2. The van der Waals surface area contributed by atoms with Crippen molar-refractivity contribution >= 4 is 39.0 Å². The lowest BCUT2D eigenvalue weighted by molar-refractivity contribution is 0.00791. The number of aromatic amines is 1. The Kier molecular flexibility index (Phi) is 5.68. The van der Waals surface area contributed by atoms with Crippen molar-refractivity contribution in [1.82, 2.24) is 25.1 Å². The average molecular weight is 456 g/mol. The van der Waals surface area contributed by atoms with Crippen LogP contribution in [-0.2, 0) is 22.5 Å². The van der Waals surface area contributed by atoms with Crippen LogP contribution in [0.25, 0.3) is 10.2 Å². The number of rotatable bonds is 5. The maximum Gasteiger partial charge on any atom is 0.230 e. The lowest BCUT2D eigenvalue weighted by atomic mass is 9.90. The molecule has 0 spiro atoms. The molecule has 1 aliphatic carbocycles. The van der Waals surface area contributed by atoms with Gasteiger partial charge in [-0.15, -0.1) is 11.3 Å². The fourth-order valence-corrected chi connectivity index (χ4v) is 6.31. The second kappa shape index (κ2) is 8.93. The van der Waals surface area contributed by atoms with E-state index < -0.39 is 0 Å². The van der Waals surface area contributed by atoms with Gasteiger partial charge >= 0.3 is 0 Å². The summed E-state index contributed by atoms with van der Waals surface area (Å²) < 4.78 is 11.2. The predicted octanol–water partition coefficient (Wildman–Crippen LogP) is 3.29. The van der Waals surface area contributed by atoms with Crippen molar-refractivity contribution in [3.8, 4) is 0 Å². The minimum absolute atomic E-state index is 0.433. The molecule has 5 heterocycles. The maximum absolute atomic E-state index is 5.70. The van der Waals surface area contributed by atoms with Gasteiger partial charge in [0.15, 0.2) is 0 Å². The Morgan fingerprint density at radius 3 is 2.75 bits per heavy atom. The Morgan fingerprint density at radius 2 is 1.94 bits per heavy atom. The molecule has 0 unspecified atom stereocenters. The van der Waals surface area contributed by atoms with Gasteiger partial charge in [0.25, 0.3) is 0 Å². The van der Waals surface area contributed by atoms with Gasteiger partial charge in [0.05, 0.1) is 43.7 Å². The van der Waals surface area contributed by atoms with Gasteiger partial charge in [0, 0.05) is 36.2 Å². The molecule has 3 N–H and O–H groups in total. The summed E-state index contributed by atoms with van der Waals surface area (Å²) in [7, 11) is 0. The van der Waals surface area contributed by atoms with Crippen molar-refractivity contribution in [2.45, 2.75) is 50.8 Å². The summed E-state index contributed by atoms with van der Waals surface area (Å²) in [6.07, 6.45) is 9.23. The van der Waals surface area contributed by atoms with E-state index in [2.05, 4.69) is 25.7 Å². The molecular formula is C22H29N7O2S. The molecule has 1 saturated carbocycles. The topological polar surface area (TPSA) is 100 Å². The molecule has 9 nitrogen and oxygen atoms in total. The van der Waals surface area contributed by atoms with Crippen LogP contribution in [0.15, 0.2) is 12.4 Å². The van der Waals surface area contributed by atoms with E-state index in [9.17, 15) is 0 Å². The van der Waals surface area contributed by atoms with Gasteiger partial charge in [-0.3, -0.25) is 10.00 Å². The number of hydrogen-bond acceptors (Lipinski definition) is 9. The molecule has 32 heavy (non-hydrogen) atoms. The molecule has 3 aromatic rings. The Labute approximate surface area is 190 Å². The first-order chi connectivity index (χ1) is 15.8. The Bertz CT molecular complexity index is 1060. The smallest absolute Gasteiger partial charge is 0.230 e. The van der Waals surface area contributed by atoms with E-state index in [1.807, 2.05) is 0 Å². The molecular weight excluding hydrogens is 426 g/mol. The highest BCUT2D eigenvalue weighted by Gasteiger charge is 2.28. The van der Waals surface area contributed by atoms with E-state index in [1.54, 1.807) is 23.7 Å². The first-order valence-corrected chi connectivity index (χ1v) is 12.4. The number of nitrogens with zero attached hydrogens (tertiary/aromatic N) is 4. The summed E-state index contributed by atoms with van der Waals surface area (Å²) in [4.78, 5) is 14.7. The number of thiophene rings is 1. The number of hydrogen-bond donors (Lipinski definition) is 3. The molecule has 2 aliphatic heterocycles. The minimum Gasteiger partial charge on any atom is -0.379 e. The molecule has 0 aromatic carbocycles. The lowest BCUT2D eigenvalue weighted by Crippen LogP contribution is -2.46. The van der Waals surface area contributed by atoms with Crippen molar-refractivity contribution in [3.63, 3.8) is 0 Å². The number of fused-ring (bicyclic) bond motifs is 3. The summed E-state index contributed by atoms with van der Waals surface area (Å²) in [6, 6.07) is 1.12. The standard InChI is InChI=1S/C22H29N7O2S/c1-3-16(29-6-9-30-10-7-29)4-2-14(1)25-20-19-17-5-8-31-13-18(17)32-21(19)28-22(27-20)26-15-11-23-24-12-15/h11-12,14,16H,1-10,13H2,(H,23,24)(H2,25,26,27,28)/t14-,16-. The van der Waals surface area contributed by atoms with E-state index in [-0.39, 0.29) is 0 Å². The molecule has 0 radical (unpaired) electrons. The SMILES string of the molecule is c1n[nH]cc1Nc1nc(N[C@H]2CC[C@H](N3CCOCC3)CC2)c2c3c(sc2n1)COCC3. The number of anilines is 3. The van der Waals surface area contributed by atoms with Crippen LogP contribution in [0.3, 0.4) is 0 Å². The molecule has 0 bridgehead atoms. The highest BCUT2D eigenvalue weighted by atomic mass is 32.1. The zero-order valence-corrected chi connectivity index (χ0v) is 18.9. The van der Waals surface area contributed by atoms with Crippen LogP contribution in [-0.4, -0.2) is 70.1 Å². The maximum atomic E-state index is 5.70. The fourth-order valence-electron chi connectivity index (χ4n) is 5.15. The van der Waals surface area contributed by atoms with Crippen molar-refractivity contribution < 1.29 is 9.47 Å². The minimum atomic E-state index is 0.433. The van der Waals surface area contributed by atoms with E-state index in [4.69, 9.17) is 19.4 Å². The van der Waals surface area contributed by atoms with Crippen LogP contribution in [0, 0.1) is 0 Å². The predicted molar refractivity (Wildman–Crippen MR) is 125 cm³/mol. The molecule has 2 fully saturated rings. The van der Waals surface area contributed by atoms with Gasteiger partial charge in [0.2, 0.25) is 5.95 Å². The molecule has 0 amide bonds. The monoisotopic (exact) mass is 455 g/mol. The van der Waals surface area contributed by atoms with Crippen LogP contribution < -0.4 is 10.6 Å². The van der Waals surface area contributed by atoms with E-state index in [0.717, 1.165) is 68.5 Å². The van der Waals surface area contributed by atoms with Crippen LogP contribution in [0.2, 0.25) is 0 Å². The van der Waals surface area contributed by atoms with E-state index >= 15 is 0 Å². The Balaban J connectivity index is 1.24. The quantitative estimate of drug-likeness (QED) is 0.539. The zero-order chi connectivity index (χ0) is 21.3. The van der Waals surface area contributed by atoms with Crippen molar-refractivity contribution in [3.05, 3.63) is 22.8 Å². The molecule has 10 heteroatoms. The summed E-state index contributed by atoms with van der Waals surface area (Å²) in [5.74, 6) is 1.55. The second-order valence-corrected chi connectivity index (χ2v) is 9.88. The van der Waals surface area contributed by atoms with Crippen LogP contribution in [0.4, 0.5) is 17.5 Å². The second-order valence-electron chi connectivity index (χ2n) is 8.79. The average Bonchev–Trinajstić information content (AvgIpc) is 3.47. The Hall–Kier alpha value is -2.27. The number of morpholine rings is 1. The van der Waals surface area contributed by atoms with Gasteiger partial charge < -0.3 is 20.1 Å². The summed E-state index contributed by atoms with van der Waals surface area (Å²) in [5.41, 5.74) is 2.21. The third-order valence-electron chi connectivity index (χ3n) is 6.82. The molecule has 3 aliphatic rings. The first-order valence-electron chi connectivity index (χ1n) is 11.6. The third-order valence-corrected chi connectivity index (χ3v) is 7.92. The van der Waals surface area contributed by atoms with E-state index in [0.29, 0.717) is 24.6 Å². The van der Waals surface area contributed by atoms with Crippen molar-refractivity contribution in [1.29, 1.82) is 0 Å².